The van der Waals surface area contributed by atoms with Crippen LogP contribution in [-0.2, 0) is 0 Å². The second-order valence-corrected chi connectivity index (χ2v) is 5.60. The number of piperazine rings is 1. The number of nitrogens with one attached hydrogen (secondary N) is 1. The van der Waals surface area contributed by atoms with Crippen molar-refractivity contribution in [2.24, 2.45) is 0 Å². The van der Waals surface area contributed by atoms with Gasteiger partial charge in [0, 0.05) is 37.8 Å². The maximum atomic E-state index is 3.50. The quantitative estimate of drug-likeness (QED) is 0.766. The van der Waals surface area contributed by atoms with E-state index in [1.54, 1.807) is 0 Å². The Hall–Kier alpha value is -0.120. The van der Waals surface area contributed by atoms with Crippen LogP contribution in [0.2, 0.25) is 0 Å². The molecule has 0 amide bonds. The Morgan fingerprint density at radius 1 is 1.25 bits per heavy atom. The minimum atomic E-state index is 0.608. The van der Waals surface area contributed by atoms with Crippen LogP contribution in [0.15, 0.2) is 0 Å². The second kappa shape index (κ2) is 6.58. The van der Waals surface area contributed by atoms with Gasteiger partial charge in [0.1, 0.15) is 0 Å². The van der Waals surface area contributed by atoms with Crippen molar-refractivity contribution in [2.75, 3.05) is 33.2 Å². The molecule has 0 aromatic carbocycles. The molecule has 0 bridgehead atoms. The molecule has 0 aromatic rings. The first-order valence-corrected chi connectivity index (χ1v) is 6.68. The van der Waals surface area contributed by atoms with E-state index in [4.69, 9.17) is 0 Å². The van der Waals surface area contributed by atoms with Crippen molar-refractivity contribution in [1.29, 1.82) is 0 Å². The summed E-state index contributed by atoms with van der Waals surface area (Å²) in [5.41, 5.74) is 0. The molecule has 3 heteroatoms. The van der Waals surface area contributed by atoms with Crippen molar-refractivity contribution < 1.29 is 0 Å². The highest BCUT2D eigenvalue weighted by Gasteiger charge is 2.24. The van der Waals surface area contributed by atoms with Crippen LogP contribution in [0.25, 0.3) is 0 Å². The summed E-state index contributed by atoms with van der Waals surface area (Å²) in [6.45, 7) is 13.9. The first kappa shape index (κ1) is 13.9. The van der Waals surface area contributed by atoms with Gasteiger partial charge in [0.2, 0.25) is 0 Å². The van der Waals surface area contributed by atoms with Gasteiger partial charge >= 0.3 is 0 Å². The van der Waals surface area contributed by atoms with Crippen LogP contribution >= 0.6 is 0 Å². The van der Waals surface area contributed by atoms with Crippen LogP contribution in [0, 0.1) is 0 Å². The van der Waals surface area contributed by atoms with Crippen molar-refractivity contribution >= 4 is 0 Å². The van der Waals surface area contributed by atoms with Gasteiger partial charge in [-0.25, -0.2) is 0 Å². The van der Waals surface area contributed by atoms with Crippen LogP contribution in [-0.4, -0.2) is 61.2 Å². The molecular weight excluding hydrogens is 198 g/mol. The number of likely N-dealkylation sites (N-methyl/N-ethyl adjacent to an activating group) is 1. The van der Waals surface area contributed by atoms with Crippen LogP contribution in [0.4, 0.5) is 0 Å². The molecular formula is C13H29N3. The molecule has 1 fully saturated rings. The molecule has 1 aliphatic heterocycles. The molecule has 1 N–H and O–H groups in total. The topological polar surface area (TPSA) is 18.5 Å². The summed E-state index contributed by atoms with van der Waals surface area (Å²) < 4.78 is 0. The molecule has 0 saturated carbocycles. The van der Waals surface area contributed by atoms with Crippen LogP contribution < -0.4 is 5.32 Å². The SMILES string of the molecule is CC(C)NCCC(C)N1CCN(C)CC1C. The number of hydrogen-bond acceptors (Lipinski definition) is 3. The predicted octanol–water partition coefficient (Wildman–Crippen LogP) is 1.40. The Kier molecular flexibility index (Phi) is 5.73. The Labute approximate surface area is 101 Å². The number of hydrogen-bond donors (Lipinski definition) is 1. The van der Waals surface area contributed by atoms with Crippen molar-refractivity contribution in [3.05, 3.63) is 0 Å². The minimum absolute atomic E-state index is 0.608. The zero-order valence-corrected chi connectivity index (χ0v) is 11.7. The summed E-state index contributed by atoms with van der Waals surface area (Å²) in [5, 5.41) is 3.50. The lowest BCUT2D eigenvalue weighted by Gasteiger charge is -2.41. The van der Waals surface area contributed by atoms with Gasteiger partial charge in [-0.1, -0.05) is 13.8 Å². The standard InChI is InChI=1S/C13H29N3/c1-11(2)14-7-6-12(3)16-9-8-15(5)10-13(16)4/h11-14H,6-10H2,1-5H3. The Morgan fingerprint density at radius 3 is 2.50 bits per heavy atom. The van der Waals surface area contributed by atoms with Crippen molar-refractivity contribution in [1.82, 2.24) is 15.1 Å². The first-order chi connectivity index (χ1) is 7.50. The lowest BCUT2D eigenvalue weighted by atomic mass is 10.1. The highest BCUT2D eigenvalue weighted by Crippen LogP contribution is 2.13. The molecule has 0 aliphatic carbocycles. The molecule has 0 spiro atoms. The summed E-state index contributed by atoms with van der Waals surface area (Å²) in [5.74, 6) is 0. The van der Waals surface area contributed by atoms with Gasteiger partial charge in [0.25, 0.3) is 0 Å². The maximum absolute atomic E-state index is 3.50. The fourth-order valence-corrected chi connectivity index (χ4v) is 2.56. The third kappa shape index (κ3) is 4.40. The second-order valence-electron chi connectivity index (χ2n) is 5.60. The molecule has 0 aromatic heterocycles. The summed E-state index contributed by atoms with van der Waals surface area (Å²) in [7, 11) is 2.22. The molecule has 96 valence electrons. The third-order valence-electron chi connectivity index (χ3n) is 3.56. The Balaban J connectivity index is 2.27. The number of nitrogens with zero attached hydrogens (tertiary/aromatic N) is 2. The van der Waals surface area contributed by atoms with Crippen LogP contribution in [0.3, 0.4) is 0 Å². The average Bonchev–Trinajstić information content (AvgIpc) is 2.16. The van der Waals surface area contributed by atoms with Gasteiger partial charge in [-0.2, -0.15) is 0 Å². The molecule has 2 unspecified atom stereocenters. The number of rotatable bonds is 5. The van der Waals surface area contributed by atoms with Gasteiger partial charge in [-0.05, 0) is 33.9 Å². The van der Waals surface area contributed by atoms with E-state index in [1.807, 2.05) is 0 Å². The highest BCUT2D eigenvalue weighted by molar-refractivity contribution is 4.81. The maximum Gasteiger partial charge on any atom is 0.0198 e. The normalized spacial score (nSPS) is 26.2. The molecule has 16 heavy (non-hydrogen) atoms. The molecule has 0 radical (unpaired) electrons. The summed E-state index contributed by atoms with van der Waals surface area (Å²) in [4.78, 5) is 5.09. The van der Waals surface area contributed by atoms with E-state index in [0.29, 0.717) is 18.1 Å². The molecule has 3 nitrogen and oxygen atoms in total. The first-order valence-electron chi connectivity index (χ1n) is 6.68. The lowest BCUT2D eigenvalue weighted by molar-refractivity contribution is 0.0643. The third-order valence-corrected chi connectivity index (χ3v) is 3.56. The monoisotopic (exact) mass is 227 g/mol. The highest BCUT2D eigenvalue weighted by atomic mass is 15.3. The summed E-state index contributed by atoms with van der Waals surface area (Å²) in [6.07, 6.45) is 1.26. The van der Waals surface area contributed by atoms with Crippen LogP contribution in [0.5, 0.6) is 0 Å². The molecule has 1 rings (SSSR count). The molecule has 1 saturated heterocycles. The zero-order chi connectivity index (χ0) is 12.1. The lowest BCUT2D eigenvalue weighted by Crippen LogP contribution is -2.54. The zero-order valence-electron chi connectivity index (χ0n) is 11.7. The van der Waals surface area contributed by atoms with E-state index in [2.05, 4.69) is 49.9 Å². The fourth-order valence-electron chi connectivity index (χ4n) is 2.56. The van der Waals surface area contributed by atoms with Gasteiger partial charge in [-0.3, -0.25) is 4.90 Å². The largest absolute Gasteiger partial charge is 0.314 e. The van der Waals surface area contributed by atoms with Crippen molar-refractivity contribution in [3.8, 4) is 0 Å². The van der Waals surface area contributed by atoms with E-state index >= 15 is 0 Å². The minimum Gasteiger partial charge on any atom is -0.314 e. The molecule has 1 aliphatic rings. The smallest absolute Gasteiger partial charge is 0.0198 e. The predicted molar refractivity (Wildman–Crippen MR) is 70.9 cm³/mol. The van der Waals surface area contributed by atoms with Crippen molar-refractivity contribution in [2.45, 2.75) is 52.2 Å². The summed E-state index contributed by atoms with van der Waals surface area (Å²) >= 11 is 0. The fraction of sp³-hybridized carbons (Fsp3) is 1.00. The molecule has 2 atom stereocenters. The average molecular weight is 227 g/mol. The van der Waals surface area contributed by atoms with E-state index in [1.165, 1.54) is 26.1 Å². The van der Waals surface area contributed by atoms with Gasteiger partial charge in [-0.15, -0.1) is 0 Å². The summed E-state index contributed by atoms with van der Waals surface area (Å²) in [6, 6.07) is 2.01. The Morgan fingerprint density at radius 2 is 1.94 bits per heavy atom. The van der Waals surface area contributed by atoms with Gasteiger partial charge in [0.05, 0.1) is 0 Å². The van der Waals surface area contributed by atoms with E-state index < -0.39 is 0 Å². The van der Waals surface area contributed by atoms with Crippen LogP contribution in [0.1, 0.15) is 34.1 Å². The van der Waals surface area contributed by atoms with E-state index in [9.17, 15) is 0 Å². The van der Waals surface area contributed by atoms with Gasteiger partial charge in [0.15, 0.2) is 0 Å². The molecule has 1 heterocycles. The van der Waals surface area contributed by atoms with E-state index in [-0.39, 0.29) is 0 Å². The van der Waals surface area contributed by atoms with Gasteiger partial charge < -0.3 is 10.2 Å². The van der Waals surface area contributed by atoms with E-state index in [0.717, 1.165) is 6.54 Å². The Bertz CT molecular complexity index is 194. The van der Waals surface area contributed by atoms with Crippen molar-refractivity contribution in [3.63, 3.8) is 0 Å².